The monoisotopic (exact) mass is 276 g/mol. The average Bonchev–Trinajstić information content (AvgIpc) is 2.28. The predicted molar refractivity (Wildman–Crippen MR) is 69.8 cm³/mol. The molecule has 0 amide bonds. The Morgan fingerprint density at radius 2 is 2.35 bits per heavy atom. The number of anilines is 1. The molecule has 0 bridgehead atoms. The highest BCUT2D eigenvalue weighted by molar-refractivity contribution is 7.98. The summed E-state index contributed by atoms with van der Waals surface area (Å²) < 4.78 is 0. The average molecular weight is 277 g/mol. The van der Waals surface area contributed by atoms with Crippen LogP contribution in [0.2, 0.25) is 5.28 Å². The van der Waals surface area contributed by atoms with Crippen LogP contribution in [0, 0.1) is 10.1 Å². The van der Waals surface area contributed by atoms with Crippen molar-refractivity contribution in [2.45, 2.75) is 12.8 Å². The molecule has 1 heterocycles. The van der Waals surface area contributed by atoms with Crippen molar-refractivity contribution in [2.75, 3.05) is 23.9 Å². The zero-order chi connectivity index (χ0) is 12.7. The molecule has 0 aliphatic rings. The second kappa shape index (κ2) is 7.29. The third-order valence-corrected chi connectivity index (χ3v) is 2.88. The van der Waals surface area contributed by atoms with Gasteiger partial charge < -0.3 is 5.32 Å². The number of aromatic nitrogens is 2. The Balaban J connectivity index is 2.56. The number of nitrogens with one attached hydrogen (secondary N) is 1. The molecule has 0 radical (unpaired) electrons. The molecule has 0 atom stereocenters. The number of rotatable bonds is 7. The van der Waals surface area contributed by atoms with Crippen LogP contribution in [-0.4, -0.2) is 33.4 Å². The minimum atomic E-state index is -0.527. The third-order valence-electron chi connectivity index (χ3n) is 2.00. The van der Waals surface area contributed by atoms with Gasteiger partial charge in [0.05, 0.1) is 4.92 Å². The van der Waals surface area contributed by atoms with Crippen molar-refractivity contribution in [3.05, 3.63) is 21.6 Å². The fourth-order valence-electron chi connectivity index (χ4n) is 1.20. The molecular formula is C9H13ClN4O2S. The Hall–Kier alpha value is -1.08. The van der Waals surface area contributed by atoms with Gasteiger partial charge >= 0.3 is 5.69 Å². The summed E-state index contributed by atoms with van der Waals surface area (Å²) in [6.45, 7) is 0.634. The number of nitro groups is 1. The first-order chi connectivity index (χ1) is 8.15. The lowest BCUT2D eigenvalue weighted by atomic mass is 10.3. The van der Waals surface area contributed by atoms with Gasteiger partial charge in [0.2, 0.25) is 11.1 Å². The van der Waals surface area contributed by atoms with Crippen LogP contribution in [0.5, 0.6) is 0 Å². The van der Waals surface area contributed by atoms with E-state index in [2.05, 4.69) is 15.3 Å². The zero-order valence-corrected chi connectivity index (χ0v) is 10.9. The van der Waals surface area contributed by atoms with Crippen molar-refractivity contribution in [1.29, 1.82) is 0 Å². The molecule has 17 heavy (non-hydrogen) atoms. The van der Waals surface area contributed by atoms with E-state index >= 15 is 0 Å². The molecule has 0 unspecified atom stereocenters. The van der Waals surface area contributed by atoms with Crippen LogP contribution in [0.3, 0.4) is 0 Å². The van der Waals surface area contributed by atoms with E-state index in [9.17, 15) is 10.1 Å². The molecule has 0 fully saturated rings. The lowest BCUT2D eigenvalue weighted by Gasteiger charge is -2.05. The zero-order valence-electron chi connectivity index (χ0n) is 9.35. The van der Waals surface area contributed by atoms with Crippen molar-refractivity contribution in [2.24, 2.45) is 0 Å². The Labute approximate surface area is 108 Å². The SMILES string of the molecule is CSCCCCNc1nc(Cl)ncc1[N+](=O)[O-]. The van der Waals surface area contributed by atoms with E-state index in [1.54, 1.807) is 11.8 Å². The summed E-state index contributed by atoms with van der Waals surface area (Å²) in [7, 11) is 0. The van der Waals surface area contributed by atoms with E-state index in [0.717, 1.165) is 24.8 Å². The molecule has 0 spiro atoms. The molecule has 0 saturated carbocycles. The smallest absolute Gasteiger partial charge is 0.329 e. The molecule has 0 aliphatic carbocycles. The summed E-state index contributed by atoms with van der Waals surface area (Å²) in [5.41, 5.74) is -0.153. The largest absolute Gasteiger partial charge is 0.364 e. The number of nitrogens with zero attached hydrogens (tertiary/aromatic N) is 3. The number of thioether (sulfide) groups is 1. The van der Waals surface area contributed by atoms with Gasteiger partial charge in [-0.3, -0.25) is 10.1 Å². The quantitative estimate of drug-likeness (QED) is 0.357. The minimum absolute atomic E-state index is 0.00205. The Morgan fingerprint density at radius 1 is 1.59 bits per heavy atom. The van der Waals surface area contributed by atoms with Crippen LogP contribution in [0.1, 0.15) is 12.8 Å². The fourth-order valence-corrected chi connectivity index (χ4v) is 1.82. The number of hydrogen-bond acceptors (Lipinski definition) is 6. The summed E-state index contributed by atoms with van der Waals surface area (Å²) in [4.78, 5) is 17.6. The van der Waals surface area contributed by atoms with Gasteiger partial charge in [-0.2, -0.15) is 16.7 Å². The lowest BCUT2D eigenvalue weighted by Crippen LogP contribution is -2.07. The molecule has 0 aliphatic heterocycles. The van der Waals surface area contributed by atoms with Gasteiger partial charge in [0.1, 0.15) is 6.20 Å². The Bertz CT molecular complexity index is 391. The second-order valence-corrected chi connectivity index (χ2v) is 4.58. The van der Waals surface area contributed by atoms with Crippen LogP contribution in [-0.2, 0) is 0 Å². The Morgan fingerprint density at radius 3 is 3.00 bits per heavy atom. The third kappa shape index (κ3) is 4.74. The molecular weight excluding hydrogens is 264 g/mol. The highest BCUT2D eigenvalue weighted by atomic mass is 35.5. The van der Waals surface area contributed by atoms with Crippen LogP contribution < -0.4 is 5.32 Å². The highest BCUT2D eigenvalue weighted by Gasteiger charge is 2.15. The molecule has 1 aromatic rings. The molecule has 1 N–H and O–H groups in total. The second-order valence-electron chi connectivity index (χ2n) is 3.26. The molecule has 0 saturated heterocycles. The van der Waals surface area contributed by atoms with E-state index in [1.807, 2.05) is 6.26 Å². The van der Waals surface area contributed by atoms with Crippen LogP contribution in [0.15, 0.2) is 6.20 Å². The summed E-state index contributed by atoms with van der Waals surface area (Å²) in [6.07, 6.45) is 5.14. The Kier molecular flexibility index (Phi) is 5.99. The maximum atomic E-state index is 10.7. The molecule has 8 heteroatoms. The van der Waals surface area contributed by atoms with Gasteiger partial charge in [0.15, 0.2) is 0 Å². The highest BCUT2D eigenvalue weighted by Crippen LogP contribution is 2.21. The summed E-state index contributed by atoms with van der Waals surface area (Å²) in [6, 6.07) is 0. The van der Waals surface area contributed by atoms with Crippen molar-refractivity contribution < 1.29 is 4.92 Å². The summed E-state index contributed by atoms with van der Waals surface area (Å²) in [5.74, 6) is 1.26. The van der Waals surface area contributed by atoms with Gasteiger partial charge in [-0.05, 0) is 36.5 Å². The first-order valence-corrected chi connectivity index (χ1v) is 6.82. The van der Waals surface area contributed by atoms with E-state index in [4.69, 9.17) is 11.6 Å². The number of halogens is 1. The van der Waals surface area contributed by atoms with E-state index < -0.39 is 4.92 Å². The summed E-state index contributed by atoms with van der Waals surface area (Å²) in [5, 5.41) is 13.6. The van der Waals surface area contributed by atoms with Gasteiger partial charge in [-0.25, -0.2) is 4.98 Å². The van der Waals surface area contributed by atoms with Crippen molar-refractivity contribution in [3.63, 3.8) is 0 Å². The fraction of sp³-hybridized carbons (Fsp3) is 0.556. The maximum Gasteiger partial charge on any atom is 0.329 e. The van der Waals surface area contributed by atoms with Crippen molar-refractivity contribution >= 4 is 34.9 Å². The molecule has 6 nitrogen and oxygen atoms in total. The van der Waals surface area contributed by atoms with Crippen molar-refractivity contribution in [3.8, 4) is 0 Å². The van der Waals surface area contributed by atoms with Crippen molar-refractivity contribution in [1.82, 2.24) is 9.97 Å². The maximum absolute atomic E-state index is 10.7. The molecule has 94 valence electrons. The van der Waals surface area contributed by atoms with Crippen LogP contribution >= 0.6 is 23.4 Å². The number of hydrogen-bond donors (Lipinski definition) is 1. The minimum Gasteiger partial charge on any atom is -0.364 e. The van der Waals surface area contributed by atoms with E-state index in [1.165, 1.54) is 0 Å². The number of unbranched alkanes of at least 4 members (excludes halogenated alkanes) is 1. The predicted octanol–water partition coefficient (Wildman–Crippen LogP) is 2.59. The standard InChI is InChI=1S/C9H13ClN4O2S/c1-17-5-3-2-4-11-8-7(14(15)16)6-12-9(10)13-8/h6H,2-5H2,1H3,(H,11,12,13). The normalized spacial score (nSPS) is 10.2. The van der Waals surface area contributed by atoms with Gasteiger partial charge in [0, 0.05) is 6.54 Å². The first kappa shape index (κ1) is 14.0. The topological polar surface area (TPSA) is 81.0 Å². The van der Waals surface area contributed by atoms with E-state index in [0.29, 0.717) is 6.54 Å². The molecule has 1 rings (SSSR count). The van der Waals surface area contributed by atoms with Gasteiger partial charge in [-0.1, -0.05) is 0 Å². The van der Waals surface area contributed by atoms with Crippen LogP contribution in [0.25, 0.3) is 0 Å². The van der Waals surface area contributed by atoms with E-state index in [-0.39, 0.29) is 16.8 Å². The molecule has 1 aromatic heterocycles. The summed E-state index contributed by atoms with van der Waals surface area (Å²) >= 11 is 7.37. The van der Waals surface area contributed by atoms with Gasteiger partial charge in [0.25, 0.3) is 0 Å². The van der Waals surface area contributed by atoms with Gasteiger partial charge in [-0.15, -0.1) is 0 Å². The lowest BCUT2D eigenvalue weighted by molar-refractivity contribution is -0.384. The first-order valence-electron chi connectivity index (χ1n) is 5.05. The molecule has 0 aromatic carbocycles. The van der Waals surface area contributed by atoms with Crippen LogP contribution in [0.4, 0.5) is 11.5 Å².